The van der Waals surface area contributed by atoms with Crippen molar-refractivity contribution in [1.82, 2.24) is 4.90 Å². The second-order valence-corrected chi connectivity index (χ2v) is 8.35. The third-order valence-electron chi connectivity index (χ3n) is 4.66. The Hall–Kier alpha value is -0.620. The van der Waals surface area contributed by atoms with Crippen molar-refractivity contribution in [3.8, 4) is 0 Å². The van der Waals surface area contributed by atoms with Crippen LogP contribution in [0.1, 0.15) is 51.9 Å². The van der Waals surface area contributed by atoms with E-state index < -0.39 is 15.1 Å². The van der Waals surface area contributed by atoms with Crippen LogP contribution in [0.2, 0.25) is 0 Å². The highest BCUT2D eigenvalue weighted by molar-refractivity contribution is 7.92. The Kier molecular flexibility index (Phi) is 5.07. The van der Waals surface area contributed by atoms with E-state index in [1.54, 1.807) is 4.90 Å². The smallest absolute Gasteiger partial charge is 0.241 e. The molecule has 0 aromatic rings. The molecule has 2 rings (SSSR count). The van der Waals surface area contributed by atoms with Crippen molar-refractivity contribution in [2.24, 2.45) is 5.73 Å². The van der Waals surface area contributed by atoms with Crippen molar-refractivity contribution in [2.75, 3.05) is 12.3 Å². The van der Waals surface area contributed by atoms with Crippen LogP contribution in [0.4, 0.5) is 0 Å². The summed E-state index contributed by atoms with van der Waals surface area (Å²) in [5.41, 5.74) is 5.90. The third-order valence-corrected chi connectivity index (χ3v) is 6.82. The molecule has 1 unspecified atom stereocenters. The fourth-order valence-electron chi connectivity index (χ4n) is 3.42. The molecule has 5 nitrogen and oxygen atoms in total. The summed E-state index contributed by atoms with van der Waals surface area (Å²) in [6.07, 6.45) is 5.65. The predicted molar refractivity (Wildman–Crippen MR) is 79.0 cm³/mol. The van der Waals surface area contributed by atoms with E-state index in [4.69, 9.17) is 5.73 Å². The minimum absolute atomic E-state index is 0.163. The lowest BCUT2D eigenvalue weighted by Crippen LogP contribution is -2.51. The number of carbonyl (C=O) groups excluding carboxylic acids is 1. The Morgan fingerprint density at radius 2 is 1.80 bits per heavy atom. The number of hydrogen-bond donors (Lipinski definition) is 1. The second kappa shape index (κ2) is 6.43. The molecule has 1 heterocycles. The van der Waals surface area contributed by atoms with Gasteiger partial charge in [-0.25, -0.2) is 8.42 Å². The molecule has 1 aliphatic heterocycles. The summed E-state index contributed by atoms with van der Waals surface area (Å²) in [6, 6.07) is 0.405. The molecule has 1 amide bonds. The van der Waals surface area contributed by atoms with Crippen molar-refractivity contribution in [3.63, 3.8) is 0 Å². The van der Waals surface area contributed by atoms with E-state index in [-0.39, 0.29) is 23.7 Å². The summed E-state index contributed by atoms with van der Waals surface area (Å²) >= 11 is 0. The molecule has 2 fully saturated rings. The Balaban J connectivity index is 2.08. The van der Waals surface area contributed by atoms with Crippen LogP contribution in [0, 0.1) is 0 Å². The molecule has 2 aliphatic rings. The first kappa shape index (κ1) is 15.8. The van der Waals surface area contributed by atoms with E-state index in [0.29, 0.717) is 19.4 Å². The minimum atomic E-state index is -3.24. The van der Waals surface area contributed by atoms with E-state index in [0.717, 1.165) is 32.1 Å². The molecular formula is C14H26N2O3S. The van der Waals surface area contributed by atoms with Crippen LogP contribution in [0.15, 0.2) is 0 Å². The van der Waals surface area contributed by atoms with Crippen molar-refractivity contribution in [3.05, 3.63) is 0 Å². The Morgan fingerprint density at radius 3 is 2.35 bits per heavy atom. The van der Waals surface area contributed by atoms with Gasteiger partial charge in [-0.2, -0.15) is 0 Å². The Morgan fingerprint density at radius 1 is 1.15 bits per heavy atom. The number of carbonyl (C=O) groups is 1. The molecule has 1 atom stereocenters. The maximum Gasteiger partial charge on any atom is 0.241 e. The molecule has 20 heavy (non-hydrogen) atoms. The summed E-state index contributed by atoms with van der Waals surface area (Å²) < 4.78 is 24.2. The van der Waals surface area contributed by atoms with Gasteiger partial charge in [-0.05, 0) is 45.4 Å². The maximum absolute atomic E-state index is 12.6. The highest BCUT2D eigenvalue weighted by Gasteiger charge is 2.39. The molecule has 0 spiro atoms. The number of nitrogens with zero attached hydrogens (tertiary/aromatic N) is 1. The van der Waals surface area contributed by atoms with Crippen molar-refractivity contribution in [1.29, 1.82) is 0 Å². The normalized spacial score (nSPS) is 33.6. The average molecular weight is 302 g/mol. The fraction of sp³-hybridized carbons (Fsp3) is 0.929. The highest BCUT2D eigenvalue weighted by Crippen LogP contribution is 2.26. The zero-order valence-electron chi connectivity index (χ0n) is 12.3. The van der Waals surface area contributed by atoms with Gasteiger partial charge in [0.05, 0.1) is 5.75 Å². The maximum atomic E-state index is 12.6. The molecule has 0 aromatic carbocycles. The van der Waals surface area contributed by atoms with Crippen LogP contribution in [-0.2, 0) is 14.6 Å². The van der Waals surface area contributed by atoms with Crippen LogP contribution < -0.4 is 5.73 Å². The van der Waals surface area contributed by atoms with Crippen molar-refractivity contribution >= 4 is 15.7 Å². The molecule has 1 saturated carbocycles. The molecule has 6 heteroatoms. The summed E-state index contributed by atoms with van der Waals surface area (Å²) in [5, 5.41) is -0.799. The summed E-state index contributed by atoms with van der Waals surface area (Å²) in [6.45, 7) is 2.52. The number of nitrogens with two attached hydrogens (primary N) is 1. The molecule has 1 aliphatic carbocycles. The van der Waals surface area contributed by atoms with Gasteiger partial charge in [-0.1, -0.05) is 6.42 Å². The molecule has 116 valence electrons. The van der Waals surface area contributed by atoms with Crippen LogP contribution in [0.25, 0.3) is 0 Å². The first-order chi connectivity index (χ1) is 9.45. The molecular weight excluding hydrogens is 276 g/mol. The lowest BCUT2D eigenvalue weighted by molar-refractivity contribution is -0.133. The molecule has 2 N–H and O–H groups in total. The van der Waals surface area contributed by atoms with Crippen molar-refractivity contribution in [2.45, 2.75) is 69.2 Å². The van der Waals surface area contributed by atoms with E-state index in [1.807, 2.05) is 6.92 Å². The van der Waals surface area contributed by atoms with Crippen molar-refractivity contribution < 1.29 is 13.2 Å². The van der Waals surface area contributed by atoms with Gasteiger partial charge in [0.15, 0.2) is 9.84 Å². The summed E-state index contributed by atoms with van der Waals surface area (Å²) in [4.78, 5) is 14.4. The number of amides is 1. The predicted octanol–water partition coefficient (Wildman–Crippen LogP) is 1.07. The standard InChI is InChI=1S/C14H26N2O3S/c1-2-16(12-8-6-11(15)7-9-12)14(17)13-5-3-4-10-20(13,18)19/h11-13H,2-10,15H2,1H3. The van der Waals surface area contributed by atoms with Gasteiger partial charge in [0, 0.05) is 18.6 Å². The van der Waals surface area contributed by atoms with Gasteiger partial charge in [-0.3, -0.25) is 4.79 Å². The Labute approximate surface area is 121 Å². The first-order valence-electron chi connectivity index (χ1n) is 7.73. The number of rotatable bonds is 3. The summed E-state index contributed by atoms with van der Waals surface area (Å²) in [5.74, 6) is -0.0103. The largest absolute Gasteiger partial charge is 0.339 e. The monoisotopic (exact) mass is 302 g/mol. The lowest BCUT2D eigenvalue weighted by atomic mass is 9.90. The fourth-order valence-corrected chi connectivity index (χ4v) is 5.28. The second-order valence-electron chi connectivity index (χ2n) is 6.04. The topological polar surface area (TPSA) is 80.5 Å². The zero-order chi connectivity index (χ0) is 14.8. The number of sulfone groups is 1. The van der Waals surface area contributed by atoms with Gasteiger partial charge >= 0.3 is 0 Å². The summed E-state index contributed by atoms with van der Waals surface area (Å²) in [7, 11) is -3.24. The van der Waals surface area contributed by atoms with Crippen LogP contribution in [0.3, 0.4) is 0 Å². The van der Waals surface area contributed by atoms with E-state index >= 15 is 0 Å². The zero-order valence-corrected chi connectivity index (χ0v) is 13.1. The van der Waals surface area contributed by atoms with E-state index in [9.17, 15) is 13.2 Å². The molecule has 0 radical (unpaired) electrons. The molecule has 0 aromatic heterocycles. The van der Waals surface area contributed by atoms with Gasteiger partial charge in [-0.15, -0.1) is 0 Å². The van der Waals surface area contributed by atoms with Gasteiger partial charge in [0.1, 0.15) is 5.25 Å². The SMILES string of the molecule is CCN(C(=O)C1CCCCS1(=O)=O)C1CCC(N)CC1. The molecule has 1 saturated heterocycles. The van der Waals surface area contributed by atoms with Gasteiger partial charge < -0.3 is 10.6 Å². The third kappa shape index (κ3) is 3.34. The lowest BCUT2D eigenvalue weighted by Gasteiger charge is -2.37. The Bertz CT molecular complexity index is 441. The minimum Gasteiger partial charge on any atom is -0.339 e. The van der Waals surface area contributed by atoms with Gasteiger partial charge in [0.25, 0.3) is 0 Å². The van der Waals surface area contributed by atoms with Crippen LogP contribution in [0.5, 0.6) is 0 Å². The van der Waals surface area contributed by atoms with E-state index in [2.05, 4.69) is 0 Å². The quantitative estimate of drug-likeness (QED) is 0.845. The van der Waals surface area contributed by atoms with Crippen LogP contribution >= 0.6 is 0 Å². The highest BCUT2D eigenvalue weighted by atomic mass is 32.2. The first-order valence-corrected chi connectivity index (χ1v) is 9.45. The molecule has 0 bridgehead atoms. The van der Waals surface area contributed by atoms with Gasteiger partial charge in [0.2, 0.25) is 5.91 Å². The average Bonchev–Trinajstić information content (AvgIpc) is 2.41. The number of hydrogen-bond acceptors (Lipinski definition) is 4. The van der Waals surface area contributed by atoms with E-state index in [1.165, 1.54) is 0 Å². The van der Waals surface area contributed by atoms with Crippen LogP contribution in [-0.4, -0.2) is 48.9 Å².